The fourth-order valence-corrected chi connectivity index (χ4v) is 1.78. The van der Waals surface area contributed by atoms with Gasteiger partial charge < -0.3 is 9.32 Å². The third-order valence-corrected chi connectivity index (χ3v) is 2.59. The molecule has 0 radical (unpaired) electrons. The molecule has 1 saturated heterocycles. The van der Waals surface area contributed by atoms with Crippen LogP contribution in [0, 0.1) is 6.92 Å². The topological polar surface area (TPSA) is 33.5 Å². The Kier molecular flexibility index (Phi) is 1.12. The number of fused-ring (bicyclic) bond motifs is 1. The molecule has 1 aliphatic heterocycles. The van der Waals surface area contributed by atoms with E-state index in [0.717, 1.165) is 0 Å². The Morgan fingerprint density at radius 2 is 2.06 bits per heavy atom. The highest BCUT2D eigenvalue weighted by molar-refractivity contribution is 5.83. The van der Waals surface area contributed by atoms with Crippen LogP contribution in [-0.4, -0.2) is 13.0 Å². The summed E-state index contributed by atoms with van der Waals surface area (Å²) in [6, 6.07) is 5.35. The summed E-state index contributed by atoms with van der Waals surface area (Å²) >= 11 is 0. The quantitative estimate of drug-likeness (QED) is 0.715. The number of hydrogen-bond acceptors (Lipinski definition) is 3. The van der Waals surface area contributed by atoms with Crippen molar-refractivity contribution >= 4 is 16.7 Å². The molecule has 2 aromatic rings. The molecule has 0 N–H and O–H groups in total. The number of rotatable bonds is 1. The zero-order chi connectivity index (χ0) is 19.0. The molecule has 3 nitrogen and oxygen atoms in total. The Morgan fingerprint density at radius 3 is 2.82 bits per heavy atom. The van der Waals surface area contributed by atoms with Gasteiger partial charge >= 0.3 is 5.63 Å². The monoisotopic (exact) mass is 237 g/mol. The smallest absolute Gasteiger partial charge is 0.336 e. The van der Waals surface area contributed by atoms with Crippen molar-refractivity contribution in [2.24, 2.45) is 0 Å². The molecule has 1 aromatic heterocycles. The van der Waals surface area contributed by atoms with Crippen molar-refractivity contribution in [3.63, 3.8) is 0 Å². The molecule has 3 heteroatoms. The van der Waals surface area contributed by atoms with Gasteiger partial charge in [0.15, 0.2) is 0 Å². The van der Waals surface area contributed by atoms with Gasteiger partial charge in [-0.1, -0.05) is 0 Å². The molecule has 0 atom stereocenters. The molecular formula is C14H15NO2. The van der Waals surface area contributed by atoms with E-state index in [1.165, 1.54) is 24.3 Å². The zero-order valence-electron chi connectivity index (χ0n) is 17.1. The van der Waals surface area contributed by atoms with Crippen molar-refractivity contribution in [3.8, 4) is 0 Å². The van der Waals surface area contributed by atoms with Gasteiger partial charge in [-0.3, -0.25) is 0 Å². The van der Waals surface area contributed by atoms with Gasteiger partial charge in [-0.05, 0) is 37.4 Å². The molecule has 0 unspecified atom stereocenters. The van der Waals surface area contributed by atoms with Crippen LogP contribution in [0.2, 0.25) is 0 Å². The third kappa shape index (κ3) is 1.82. The average Bonchev–Trinajstić information content (AvgIpc) is 2.51. The molecule has 1 aromatic carbocycles. The van der Waals surface area contributed by atoms with Crippen LogP contribution in [0.5, 0.6) is 0 Å². The first-order valence-electron chi connectivity index (χ1n) is 9.10. The standard InChI is InChI=1S/C14H15NO2/c1-10-8-14(16)17-13-9-11(4-5-12(10)13)15-6-2-3-7-15/h4-5,8-9H,2-3,6-7H2,1H3/i2D2,3D2,6D2,7D2. The molecule has 1 fully saturated rings. The second-order valence-electron chi connectivity index (χ2n) is 3.74. The van der Waals surface area contributed by atoms with Gasteiger partial charge in [0.2, 0.25) is 0 Å². The Labute approximate surface area is 111 Å². The molecule has 0 amide bonds. The van der Waals surface area contributed by atoms with Crippen molar-refractivity contribution in [2.75, 3.05) is 17.9 Å². The molecule has 1 aliphatic rings. The van der Waals surface area contributed by atoms with E-state index in [1.807, 2.05) is 0 Å². The molecule has 2 heterocycles. The normalized spacial score (nSPS) is 34.5. The van der Waals surface area contributed by atoms with Gasteiger partial charge in [0.05, 0.1) is 0 Å². The van der Waals surface area contributed by atoms with E-state index in [4.69, 9.17) is 15.4 Å². The van der Waals surface area contributed by atoms with Gasteiger partial charge in [-0.25, -0.2) is 4.79 Å². The van der Waals surface area contributed by atoms with Crippen molar-refractivity contribution < 1.29 is 15.4 Å². The minimum absolute atomic E-state index is 0.0853. The molecular weight excluding hydrogens is 214 g/mol. The Balaban J connectivity index is 2.28. The van der Waals surface area contributed by atoms with E-state index in [1.54, 1.807) is 6.92 Å². The molecule has 88 valence electrons. The third-order valence-electron chi connectivity index (χ3n) is 2.59. The van der Waals surface area contributed by atoms with E-state index in [2.05, 4.69) is 0 Å². The summed E-state index contributed by atoms with van der Waals surface area (Å²) in [6.45, 7) is -4.26. The van der Waals surface area contributed by atoms with Crippen LogP contribution in [0.4, 0.5) is 5.69 Å². The van der Waals surface area contributed by atoms with E-state index < -0.39 is 31.4 Å². The van der Waals surface area contributed by atoms with Crippen LogP contribution in [0.3, 0.4) is 0 Å². The molecule has 17 heavy (non-hydrogen) atoms. The molecule has 0 aliphatic carbocycles. The highest BCUT2D eigenvalue weighted by atomic mass is 16.4. The number of nitrogens with zero attached hydrogens (tertiary/aromatic N) is 1. The van der Waals surface area contributed by atoms with Crippen LogP contribution in [0.1, 0.15) is 29.3 Å². The van der Waals surface area contributed by atoms with E-state index in [0.29, 0.717) is 15.8 Å². The lowest BCUT2D eigenvalue weighted by Crippen LogP contribution is -2.17. The first kappa shape index (κ1) is 4.84. The van der Waals surface area contributed by atoms with Crippen molar-refractivity contribution in [1.29, 1.82) is 0 Å². The maximum atomic E-state index is 11.5. The van der Waals surface area contributed by atoms with Crippen molar-refractivity contribution in [2.45, 2.75) is 19.7 Å². The molecule has 0 bridgehead atoms. The van der Waals surface area contributed by atoms with E-state index in [9.17, 15) is 4.79 Å². The summed E-state index contributed by atoms with van der Waals surface area (Å²) in [5, 5.41) is 0.565. The summed E-state index contributed by atoms with van der Waals surface area (Å²) in [6.07, 6.45) is -6.24. The van der Waals surface area contributed by atoms with E-state index >= 15 is 0 Å². The van der Waals surface area contributed by atoms with Gasteiger partial charge in [0, 0.05) is 47.2 Å². The predicted octanol–water partition coefficient (Wildman–Crippen LogP) is 2.70. The number of benzene rings is 1. The minimum atomic E-state index is -3.12. The Bertz CT molecular complexity index is 895. The number of aryl methyl sites for hydroxylation is 1. The fraction of sp³-hybridized carbons (Fsp3) is 0.357. The lowest BCUT2D eigenvalue weighted by atomic mass is 10.1. The van der Waals surface area contributed by atoms with Crippen LogP contribution in [-0.2, 0) is 0 Å². The summed E-state index contributed by atoms with van der Waals surface area (Å²) in [4.78, 5) is 12.0. The Morgan fingerprint density at radius 1 is 1.29 bits per heavy atom. The zero-order valence-corrected chi connectivity index (χ0v) is 9.07. The summed E-state index contributed by atoms with van der Waals surface area (Å²) in [5.41, 5.74) is -0.0419. The predicted molar refractivity (Wildman–Crippen MR) is 68.7 cm³/mol. The SMILES string of the molecule is [2H]C1([2H])N(c2ccc3c(C)cc(=O)oc3c2)C([2H])([2H])C([2H])([2H])C1([2H])[2H]. The van der Waals surface area contributed by atoms with Gasteiger partial charge in [-0.2, -0.15) is 0 Å². The molecule has 0 spiro atoms. The van der Waals surface area contributed by atoms with Crippen LogP contribution in [0.15, 0.2) is 33.5 Å². The lowest BCUT2D eigenvalue weighted by Gasteiger charge is -2.17. The second-order valence-corrected chi connectivity index (χ2v) is 3.74. The highest BCUT2D eigenvalue weighted by Gasteiger charge is 2.13. The highest BCUT2D eigenvalue weighted by Crippen LogP contribution is 2.25. The van der Waals surface area contributed by atoms with Gasteiger partial charge in [0.1, 0.15) is 5.58 Å². The van der Waals surface area contributed by atoms with Gasteiger partial charge in [0.25, 0.3) is 0 Å². The largest absolute Gasteiger partial charge is 0.423 e. The van der Waals surface area contributed by atoms with Crippen LogP contribution < -0.4 is 10.5 Å². The summed E-state index contributed by atoms with van der Waals surface area (Å²) in [5.74, 6) is 0. The van der Waals surface area contributed by atoms with E-state index in [-0.39, 0.29) is 11.3 Å². The van der Waals surface area contributed by atoms with Crippen molar-refractivity contribution in [3.05, 3.63) is 40.2 Å². The maximum Gasteiger partial charge on any atom is 0.336 e. The number of hydrogen-bond donors (Lipinski definition) is 0. The van der Waals surface area contributed by atoms with Crippen LogP contribution >= 0.6 is 0 Å². The number of anilines is 1. The first-order valence-corrected chi connectivity index (χ1v) is 5.10. The molecule has 0 saturated carbocycles. The van der Waals surface area contributed by atoms with Crippen molar-refractivity contribution in [1.82, 2.24) is 0 Å². The maximum absolute atomic E-state index is 11.5. The van der Waals surface area contributed by atoms with Gasteiger partial charge in [-0.15, -0.1) is 0 Å². The first-order chi connectivity index (χ1) is 11.2. The lowest BCUT2D eigenvalue weighted by molar-refractivity contribution is 0.560. The Hall–Kier alpha value is -1.77. The molecule has 3 rings (SSSR count). The van der Waals surface area contributed by atoms with Crippen LogP contribution in [0.25, 0.3) is 11.0 Å². The minimum Gasteiger partial charge on any atom is -0.423 e. The average molecular weight is 237 g/mol. The fourth-order valence-electron chi connectivity index (χ4n) is 1.78. The summed E-state index contributed by atoms with van der Waals surface area (Å²) < 4.78 is 68.5. The second kappa shape index (κ2) is 3.91. The summed E-state index contributed by atoms with van der Waals surface area (Å²) in [7, 11) is 0.